The first-order valence-corrected chi connectivity index (χ1v) is 9.22. The summed E-state index contributed by atoms with van der Waals surface area (Å²) in [6, 6.07) is 10.2. The van der Waals surface area contributed by atoms with Crippen molar-refractivity contribution in [1.29, 1.82) is 5.41 Å². The molecule has 0 aromatic heterocycles. The molecule has 9 nitrogen and oxygen atoms in total. The number of nitrogens with two attached hydrogens (primary N) is 1. The quantitative estimate of drug-likeness (QED) is 0.177. The van der Waals surface area contributed by atoms with Crippen molar-refractivity contribution in [2.45, 2.75) is 19.1 Å². The van der Waals surface area contributed by atoms with Crippen molar-refractivity contribution < 1.29 is 41.8 Å². The predicted octanol–water partition coefficient (Wildman–Crippen LogP) is 1.98. The van der Waals surface area contributed by atoms with Crippen molar-refractivity contribution in [3.8, 4) is 5.75 Å². The van der Waals surface area contributed by atoms with Gasteiger partial charge in [-0.15, -0.1) is 0 Å². The minimum absolute atomic E-state index is 0.0326. The lowest BCUT2D eigenvalue weighted by atomic mass is 10.0. The van der Waals surface area contributed by atoms with Crippen molar-refractivity contribution >= 4 is 29.5 Å². The van der Waals surface area contributed by atoms with Crippen LogP contribution < -0.4 is 15.8 Å². The zero-order valence-electron chi connectivity index (χ0n) is 17.1. The number of amidine groups is 1. The number of Topliss-reactive ketones (excluding diaryl/α,β-unsaturated/α-hetero) is 1. The van der Waals surface area contributed by atoms with E-state index < -0.39 is 42.5 Å². The second-order valence-corrected chi connectivity index (χ2v) is 6.62. The molecule has 33 heavy (non-hydrogen) atoms. The Kier molecular flexibility index (Phi) is 7.89. The maximum absolute atomic E-state index is 12.5. The summed E-state index contributed by atoms with van der Waals surface area (Å²) in [5.41, 5.74) is 6.25. The molecule has 0 aliphatic carbocycles. The third-order valence-electron chi connectivity index (χ3n) is 4.13. The van der Waals surface area contributed by atoms with Gasteiger partial charge in [-0.2, -0.15) is 13.2 Å². The molecule has 2 aromatic rings. The normalized spacial score (nSPS) is 11.8. The van der Waals surface area contributed by atoms with Crippen molar-refractivity contribution in [3.63, 3.8) is 0 Å². The predicted molar refractivity (Wildman–Crippen MR) is 108 cm³/mol. The van der Waals surface area contributed by atoms with Gasteiger partial charge in [0.2, 0.25) is 0 Å². The molecule has 0 bridgehead atoms. The van der Waals surface area contributed by atoms with Crippen LogP contribution >= 0.6 is 0 Å². The summed E-state index contributed by atoms with van der Waals surface area (Å²) in [6.45, 7) is 0.520. The second-order valence-electron chi connectivity index (χ2n) is 6.62. The number of amides is 1. The van der Waals surface area contributed by atoms with Crippen LogP contribution in [0.2, 0.25) is 0 Å². The van der Waals surface area contributed by atoms with Crippen LogP contribution in [0, 0.1) is 5.41 Å². The number of benzene rings is 2. The smallest absolute Gasteiger partial charge is 0.482 e. The molecule has 2 rings (SSSR count). The molecule has 1 unspecified atom stereocenters. The summed E-state index contributed by atoms with van der Waals surface area (Å²) >= 11 is 0. The van der Waals surface area contributed by atoms with Gasteiger partial charge >= 0.3 is 18.1 Å². The molecular formula is C21H18F3N3O6. The molecular weight excluding hydrogens is 447 g/mol. The zero-order chi connectivity index (χ0) is 24.8. The van der Waals surface area contributed by atoms with Crippen LogP contribution in [0.25, 0.3) is 0 Å². The lowest BCUT2D eigenvalue weighted by Gasteiger charge is -2.14. The van der Waals surface area contributed by atoms with Gasteiger partial charge in [-0.3, -0.25) is 15.0 Å². The van der Waals surface area contributed by atoms with Crippen molar-refractivity contribution in [1.82, 2.24) is 5.32 Å². The average molecular weight is 465 g/mol. The molecule has 2 aromatic carbocycles. The maximum Gasteiger partial charge on any atom is 0.491 e. The number of ketones is 1. The third-order valence-corrected chi connectivity index (χ3v) is 4.13. The third kappa shape index (κ3) is 7.16. The summed E-state index contributed by atoms with van der Waals surface area (Å²) in [7, 11) is 0. The molecule has 12 heteroatoms. The number of halogens is 3. The highest BCUT2D eigenvalue weighted by molar-refractivity contribution is 6.04. The van der Waals surface area contributed by atoms with E-state index in [2.05, 4.69) is 10.1 Å². The first-order chi connectivity index (χ1) is 15.4. The van der Waals surface area contributed by atoms with Gasteiger partial charge in [0, 0.05) is 16.7 Å². The topological polar surface area (TPSA) is 149 Å². The van der Waals surface area contributed by atoms with E-state index in [0.717, 1.165) is 0 Å². The van der Waals surface area contributed by atoms with E-state index in [4.69, 9.17) is 15.9 Å². The van der Waals surface area contributed by atoms with Crippen LogP contribution in [0.3, 0.4) is 0 Å². The number of ether oxygens (including phenoxy) is 2. The van der Waals surface area contributed by atoms with Crippen LogP contribution in [-0.4, -0.2) is 48.3 Å². The highest BCUT2D eigenvalue weighted by Gasteiger charge is 2.42. The van der Waals surface area contributed by atoms with E-state index in [1.165, 1.54) is 55.5 Å². The minimum atomic E-state index is -5.30. The summed E-state index contributed by atoms with van der Waals surface area (Å²) in [5, 5.41) is 9.87. The Balaban J connectivity index is 1.90. The largest absolute Gasteiger partial charge is 0.491 e. The van der Waals surface area contributed by atoms with Gasteiger partial charge < -0.3 is 20.5 Å². The Morgan fingerprint density at radius 3 is 2.00 bits per heavy atom. The number of rotatable bonds is 8. The number of esters is 2. The number of nitrogen functional groups attached to an aromatic ring is 1. The van der Waals surface area contributed by atoms with E-state index in [0.29, 0.717) is 5.56 Å². The monoisotopic (exact) mass is 465 g/mol. The number of alkyl halides is 3. The van der Waals surface area contributed by atoms with E-state index in [-0.39, 0.29) is 22.7 Å². The molecule has 174 valence electrons. The van der Waals surface area contributed by atoms with Crippen LogP contribution in [-0.2, 0) is 14.3 Å². The van der Waals surface area contributed by atoms with Gasteiger partial charge in [0.15, 0.2) is 12.4 Å². The molecule has 0 aliphatic heterocycles. The molecule has 0 saturated heterocycles. The van der Waals surface area contributed by atoms with Gasteiger partial charge in [-0.05, 0) is 43.3 Å². The van der Waals surface area contributed by atoms with E-state index in [9.17, 15) is 32.3 Å². The Morgan fingerprint density at radius 1 is 0.970 bits per heavy atom. The zero-order valence-corrected chi connectivity index (χ0v) is 17.1. The Bertz CT molecular complexity index is 1070. The maximum atomic E-state index is 12.5. The summed E-state index contributed by atoms with van der Waals surface area (Å²) in [5.74, 6) is -5.26. The molecule has 0 radical (unpaired) electrons. The minimum Gasteiger partial charge on any atom is -0.482 e. The highest BCUT2D eigenvalue weighted by Crippen LogP contribution is 2.17. The standard InChI is InChI=1S/C21H18F3N3O6/c1-11(27-19(30)14-4-2-13(3-5-14)18(25)26)17(29)12-6-8-15(9-7-12)32-10-16(28)33-20(31)21(22,23)24/h2-9,11H,10H2,1H3,(H3,25,26)(H,27,30). The molecule has 1 amide bonds. The van der Waals surface area contributed by atoms with E-state index in [1.807, 2.05) is 0 Å². The number of nitrogens with one attached hydrogen (secondary N) is 2. The number of carbonyl (C=O) groups excluding carboxylic acids is 4. The van der Waals surface area contributed by atoms with Gasteiger partial charge in [0.1, 0.15) is 11.6 Å². The van der Waals surface area contributed by atoms with Gasteiger partial charge in [-0.25, -0.2) is 9.59 Å². The molecule has 0 heterocycles. The molecule has 0 spiro atoms. The molecule has 1 atom stereocenters. The second kappa shape index (κ2) is 10.4. The average Bonchev–Trinajstić information content (AvgIpc) is 2.76. The summed E-state index contributed by atoms with van der Waals surface area (Å²) in [4.78, 5) is 46.6. The van der Waals surface area contributed by atoms with Crippen LogP contribution in [0.1, 0.15) is 33.2 Å². The lowest BCUT2D eigenvalue weighted by Crippen LogP contribution is -2.38. The van der Waals surface area contributed by atoms with E-state index in [1.54, 1.807) is 0 Å². The lowest BCUT2D eigenvalue weighted by molar-refractivity contribution is -0.202. The fourth-order valence-corrected chi connectivity index (χ4v) is 2.45. The SMILES string of the molecule is CC(NC(=O)c1ccc(C(=N)N)cc1)C(=O)c1ccc(OCC(=O)OC(=O)C(F)(F)F)cc1. The molecule has 0 saturated carbocycles. The van der Waals surface area contributed by atoms with Crippen molar-refractivity contribution in [2.75, 3.05) is 6.61 Å². The first kappa shape index (κ1) is 25.0. The highest BCUT2D eigenvalue weighted by atomic mass is 19.4. The van der Waals surface area contributed by atoms with Crippen LogP contribution in [0.4, 0.5) is 13.2 Å². The Hall–Kier alpha value is -4.22. The molecule has 0 fully saturated rings. The fraction of sp³-hybridized carbons (Fsp3) is 0.190. The number of carbonyl (C=O) groups is 4. The van der Waals surface area contributed by atoms with Gasteiger partial charge in [0.25, 0.3) is 5.91 Å². The van der Waals surface area contributed by atoms with Gasteiger partial charge in [0.05, 0.1) is 6.04 Å². The van der Waals surface area contributed by atoms with Gasteiger partial charge in [-0.1, -0.05) is 12.1 Å². The summed E-state index contributed by atoms with van der Waals surface area (Å²) < 4.78 is 44.6. The Labute approximate surface area is 185 Å². The van der Waals surface area contributed by atoms with Crippen molar-refractivity contribution in [3.05, 3.63) is 65.2 Å². The molecule has 4 N–H and O–H groups in total. The fourth-order valence-electron chi connectivity index (χ4n) is 2.45. The Morgan fingerprint density at radius 2 is 1.48 bits per heavy atom. The first-order valence-electron chi connectivity index (χ1n) is 9.22. The van der Waals surface area contributed by atoms with E-state index >= 15 is 0 Å². The van der Waals surface area contributed by atoms with Crippen molar-refractivity contribution in [2.24, 2.45) is 5.73 Å². The number of hydrogen-bond donors (Lipinski definition) is 3. The number of hydrogen-bond acceptors (Lipinski definition) is 7. The van der Waals surface area contributed by atoms with Crippen LogP contribution in [0.15, 0.2) is 48.5 Å². The molecule has 0 aliphatic rings. The summed E-state index contributed by atoms with van der Waals surface area (Å²) in [6.07, 6.45) is -5.30. The van der Waals surface area contributed by atoms with Crippen LogP contribution in [0.5, 0.6) is 5.75 Å².